The third-order valence-corrected chi connectivity index (χ3v) is 3.66. The lowest BCUT2D eigenvalue weighted by Crippen LogP contribution is -2.35. The summed E-state index contributed by atoms with van der Waals surface area (Å²) in [6, 6.07) is 11.8. The van der Waals surface area contributed by atoms with E-state index in [2.05, 4.69) is 10.6 Å². The first-order valence-electron chi connectivity index (χ1n) is 7.69. The summed E-state index contributed by atoms with van der Waals surface area (Å²) in [5.41, 5.74) is 7.07. The van der Waals surface area contributed by atoms with Crippen molar-refractivity contribution in [2.75, 3.05) is 5.32 Å². The van der Waals surface area contributed by atoms with E-state index in [1.165, 1.54) is 18.2 Å². The summed E-state index contributed by atoms with van der Waals surface area (Å²) in [5.74, 6) is -0.837. The molecule has 24 heavy (non-hydrogen) atoms. The van der Waals surface area contributed by atoms with E-state index in [1.54, 1.807) is 12.1 Å². The number of carbonyl (C=O) groups is 2. The fraction of sp³-hybridized carbons (Fsp3) is 0.222. The number of para-hydroxylation sites is 1. The van der Waals surface area contributed by atoms with E-state index in [-0.39, 0.29) is 17.9 Å². The molecule has 2 aromatic rings. The van der Waals surface area contributed by atoms with Gasteiger partial charge in [0.25, 0.3) is 0 Å². The van der Waals surface area contributed by atoms with Gasteiger partial charge in [0, 0.05) is 11.3 Å². The number of hydrogen-bond donors (Lipinski definition) is 3. The Kier molecular flexibility index (Phi) is 5.89. The van der Waals surface area contributed by atoms with Gasteiger partial charge in [0.15, 0.2) is 0 Å². The van der Waals surface area contributed by atoms with Gasteiger partial charge in [-0.1, -0.05) is 43.3 Å². The van der Waals surface area contributed by atoms with Crippen LogP contribution in [0.1, 0.15) is 30.5 Å². The van der Waals surface area contributed by atoms with Crippen LogP contribution < -0.4 is 16.4 Å². The summed E-state index contributed by atoms with van der Waals surface area (Å²) in [6.07, 6.45) is 0.647. The number of urea groups is 1. The molecule has 6 heteroatoms. The largest absolute Gasteiger partial charge is 0.352 e. The molecule has 126 valence electrons. The Morgan fingerprint density at radius 2 is 1.79 bits per heavy atom. The molecule has 0 saturated heterocycles. The fourth-order valence-electron chi connectivity index (χ4n) is 2.51. The van der Waals surface area contributed by atoms with E-state index in [4.69, 9.17) is 5.73 Å². The van der Waals surface area contributed by atoms with Crippen molar-refractivity contribution in [2.24, 2.45) is 5.73 Å². The summed E-state index contributed by atoms with van der Waals surface area (Å²) < 4.78 is 14.0. The van der Waals surface area contributed by atoms with Gasteiger partial charge in [0.2, 0.25) is 5.91 Å². The van der Waals surface area contributed by atoms with Gasteiger partial charge >= 0.3 is 6.03 Å². The predicted molar refractivity (Wildman–Crippen MR) is 90.9 cm³/mol. The number of carbonyl (C=O) groups excluding carboxylic acids is 2. The minimum absolute atomic E-state index is 0.123. The number of nitrogens with two attached hydrogens (primary N) is 1. The van der Waals surface area contributed by atoms with Crippen molar-refractivity contribution in [1.82, 2.24) is 5.32 Å². The number of amides is 3. The average Bonchev–Trinajstić information content (AvgIpc) is 2.54. The SMILES string of the molecule is CCc1ccccc1NC(=O)CC(NC(N)=O)c1ccccc1F. The molecule has 3 amide bonds. The number of nitrogens with one attached hydrogen (secondary N) is 2. The number of aryl methyl sites for hydroxylation is 1. The van der Waals surface area contributed by atoms with Crippen LogP contribution in [0.5, 0.6) is 0 Å². The number of hydrogen-bond acceptors (Lipinski definition) is 2. The minimum Gasteiger partial charge on any atom is -0.352 e. The fourth-order valence-corrected chi connectivity index (χ4v) is 2.51. The first-order chi connectivity index (χ1) is 11.5. The monoisotopic (exact) mass is 329 g/mol. The van der Waals surface area contributed by atoms with E-state index < -0.39 is 17.9 Å². The van der Waals surface area contributed by atoms with Gasteiger partial charge in [0.1, 0.15) is 5.82 Å². The van der Waals surface area contributed by atoms with Gasteiger partial charge < -0.3 is 16.4 Å². The van der Waals surface area contributed by atoms with Crippen molar-refractivity contribution in [2.45, 2.75) is 25.8 Å². The maximum Gasteiger partial charge on any atom is 0.312 e. The quantitative estimate of drug-likeness (QED) is 0.761. The standard InChI is InChI=1S/C18H20FN3O2/c1-2-12-7-3-6-10-15(12)21-17(23)11-16(22-18(20)24)13-8-4-5-9-14(13)19/h3-10,16H,2,11H2,1H3,(H,21,23)(H3,20,22,24). The number of benzene rings is 2. The highest BCUT2D eigenvalue weighted by molar-refractivity contribution is 5.92. The maximum absolute atomic E-state index is 14.0. The molecule has 0 fully saturated rings. The second kappa shape index (κ2) is 8.10. The van der Waals surface area contributed by atoms with Crippen molar-refractivity contribution in [3.63, 3.8) is 0 Å². The molecule has 0 radical (unpaired) electrons. The van der Waals surface area contributed by atoms with Crippen molar-refractivity contribution in [3.05, 3.63) is 65.5 Å². The Morgan fingerprint density at radius 3 is 2.46 bits per heavy atom. The first kappa shape index (κ1) is 17.5. The van der Waals surface area contributed by atoms with Crippen LogP contribution >= 0.6 is 0 Å². The van der Waals surface area contributed by atoms with Crippen LogP contribution in [0.4, 0.5) is 14.9 Å². The lowest BCUT2D eigenvalue weighted by Gasteiger charge is -2.19. The highest BCUT2D eigenvalue weighted by atomic mass is 19.1. The molecule has 0 aliphatic carbocycles. The molecule has 1 atom stereocenters. The number of halogens is 1. The number of rotatable bonds is 6. The van der Waals surface area contributed by atoms with Gasteiger partial charge in [-0.15, -0.1) is 0 Å². The summed E-state index contributed by atoms with van der Waals surface area (Å²) in [5, 5.41) is 5.22. The van der Waals surface area contributed by atoms with Crippen LogP contribution in [0, 0.1) is 5.82 Å². The highest BCUT2D eigenvalue weighted by Crippen LogP contribution is 2.22. The van der Waals surface area contributed by atoms with E-state index in [9.17, 15) is 14.0 Å². The van der Waals surface area contributed by atoms with Crippen LogP contribution in [0.3, 0.4) is 0 Å². The molecule has 0 heterocycles. The molecule has 0 saturated carbocycles. The lowest BCUT2D eigenvalue weighted by atomic mass is 10.0. The van der Waals surface area contributed by atoms with Gasteiger partial charge in [-0.25, -0.2) is 9.18 Å². The van der Waals surface area contributed by atoms with E-state index >= 15 is 0 Å². The summed E-state index contributed by atoms with van der Waals surface area (Å²) >= 11 is 0. The van der Waals surface area contributed by atoms with E-state index in [0.29, 0.717) is 5.69 Å². The Hall–Kier alpha value is -2.89. The van der Waals surface area contributed by atoms with Crippen LogP contribution in [-0.4, -0.2) is 11.9 Å². The Labute approximate surface area is 140 Å². The molecule has 2 rings (SSSR count). The second-order valence-electron chi connectivity index (χ2n) is 5.35. The molecule has 0 aliphatic rings. The van der Waals surface area contributed by atoms with Crippen molar-refractivity contribution >= 4 is 17.6 Å². The normalized spacial score (nSPS) is 11.6. The van der Waals surface area contributed by atoms with Gasteiger partial charge in [0.05, 0.1) is 12.5 Å². The van der Waals surface area contributed by atoms with E-state index in [0.717, 1.165) is 12.0 Å². The maximum atomic E-state index is 14.0. The molecule has 1 unspecified atom stereocenters. The third-order valence-electron chi connectivity index (χ3n) is 3.66. The Morgan fingerprint density at radius 1 is 1.12 bits per heavy atom. The molecule has 4 N–H and O–H groups in total. The van der Waals surface area contributed by atoms with Crippen LogP contribution in [0.15, 0.2) is 48.5 Å². The zero-order chi connectivity index (χ0) is 17.5. The van der Waals surface area contributed by atoms with Gasteiger partial charge in [-0.3, -0.25) is 4.79 Å². The number of anilines is 1. The van der Waals surface area contributed by atoms with E-state index in [1.807, 2.05) is 25.1 Å². The molecule has 5 nitrogen and oxygen atoms in total. The predicted octanol–water partition coefficient (Wildman–Crippen LogP) is 3.13. The van der Waals surface area contributed by atoms with Crippen molar-refractivity contribution in [1.29, 1.82) is 0 Å². The van der Waals surface area contributed by atoms with Gasteiger partial charge in [-0.2, -0.15) is 0 Å². The van der Waals surface area contributed by atoms with Crippen molar-refractivity contribution < 1.29 is 14.0 Å². The van der Waals surface area contributed by atoms with Crippen LogP contribution in [0.25, 0.3) is 0 Å². The van der Waals surface area contributed by atoms with Crippen LogP contribution in [-0.2, 0) is 11.2 Å². The highest BCUT2D eigenvalue weighted by Gasteiger charge is 2.20. The molecule has 0 spiro atoms. The van der Waals surface area contributed by atoms with Crippen molar-refractivity contribution in [3.8, 4) is 0 Å². The molecule has 0 aliphatic heterocycles. The number of primary amides is 1. The first-order valence-corrected chi connectivity index (χ1v) is 7.69. The van der Waals surface area contributed by atoms with Gasteiger partial charge in [-0.05, 0) is 24.1 Å². The zero-order valence-corrected chi connectivity index (χ0v) is 13.4. The summed E-state index contributed by atoms with van der Waals surface area (Å²) in [4.78, 5) is 23.5. The lowest BCUT2D eigenvalue weighted by molar-refractivity contribution is -0.116. The summed E-state index contributed by atoms with van der Waals surface area (Å²) in [7, 11) is 0. The van der Waals surface area contributed by atoms with Crippen LogP contribution in [0.2, 0.25) is 0 Å². The molecule has 0 aromatic heterocycles. The average molecular weight is 329 g/mol. The minimum atomic E-state index is -0.836. The molecular formula is C18H20FN3O2. The topological polar surface area (TPSA) is 84.2 Å². The Balaban J connectivity index is 2.16. The molecule has 0 bridgehead atoms. The zero-order valence-electron chi connectivity index (χ0n) is 13.4. The molecular weight excluding hydrogens is 309 g/mol. The third kappa shape index (κ3) is 4.55. The molecule has 2 aromatic carbocycles. The smallest absolute Gasteiger partial charge is 0.312 e. The second-order valence-corrected chi connectivity index (χ2v) is 5.35. The Bertz CT molecular complexity index is 734. The summed E-state index contributed by atoms with van der Waals surface area (Å²) in [6.45, 7) is 1.99.